The number of likely N-dealkylation sites (N-methyl/N-ethyl adjacent to an activating group) is 2. The average Bonchev–Trinajstić information content (AvgIpc) is 3.30. The molecule has 1 atom stereocenters. The van der Waals surface area contributed by atoms with Gasteiger partial charge < -0.3 is 24.3 Å². The highest BCUT2D eigenvalue weighted by atomic mass is 19.1. The zero-order valence-corrected chi connectivity index (χ0v) is 21.6. The van der Waals surface area contributed by atoms with Gasteiger partial charge in [0.1, 0.15) is 29.8 Å². The maximum Gasteiger partial charge on any atom is 0.258 e. The molecule has 3 aromatic rings. The predicted octanol–water partition coefficient (Wildman–Crippen LogP) is 3.21. The molecule has 0 unspecified atom stereocenters. The minimum Gasteiger partial charge on any atom is -0.491 e. The van der Waals surface area contributed by atoms with E-state index in [4.69, 9.17) is 14.8 Å². The molecule has 6 rings (SSSR count). The number of anilines is 2. The Hall–Kier alpha value is -3.40. The number of halogens is 1. The highest BCUT2D eigenvalue weighted by Gasteiger charge is 2.33. The lowest BCUT2D eigenvalue weighted by Gasteiger charge is -2.35. The minimum atomic E-state index is -0.445. The van der Waals surface area contributed by atoms with Crippen molar-refractivity contribution < 1.29 is 13.9 Å². The fourth-order valence-electron chi connectivity index (χ4n) is 5.40. The molecule has 0 radical (unpaired) electrons. The number of carbonyl (C=O) groups excluding carboxylic acids is 1. The zero-order chi connectivity index (χ0) is 25.5. The van der Waals surface area contributed by atoms with Crippen molar-refractivity contribution in [3.8, 4) is 5.75 Å². The van der Waals surface area contributed by atoms with E-state index in [1.807, 2.05) is 15.5 Å². The van der Waals surface area contributed by atoms with Gasteiger partial charge in [-0.3, -0.25) is 4.79 Å². The van der Waals surface area contributed by atoms with Gasteiger partial charge in [-0.1, -0.05) is 0 Å². The quantitative estimate of drug-likeness (QED) is 0.501. The van der Waals surface area contributed by atoms with Gasteiger partial charge in [-0.25, -0.2) is 9.37 Å². The Bertz CT molecular complexity index is 1310. The van der Waals surface area contributed by atoms with Crippen molar-refractivity contribution in [1.29, 1.82) is 0 Å². The van der Waals surface area contributed by atoms with Crippen LogP contribution in [-0.4, -0.2) is 90.3 Å². The Kier molecular flexibility index (Phi) is 6.36. The van der Waals surface area contributed by atoms with Crippen molar-refractivity contribution in [2.24, 2.45) is 0 Å². The number of benzene rings is 1. The number of aromatic nitrogens is 3. The number of ether oxygens (including phenoxy) is 1. The van der Waals surface area contributed by atoms with E-state index >= 15 is 0 Å². The molecular formula is C27H34FN7O2. The summed E-state index contributed by atoms with van der Waals surface area (Å²) in [6, 6.07) is 8.15. The van der Waals surface area contributed by atoms with E-state index in [1.54, 1.807) is 6.07 Å². The number of rotatable bonds is 1. The van der Waals surface area contributed by atoms with Gasteiger partial charge >= 0.3 is 0 Å². The van der Waals surface area contributed by atoms with Gasteiger partial charge in [-0.05, 0) is 50.9 Å². The van der Waals surface area contributed by atoms with Crippen molar-refractivity contribution in [3.63, 3.8) is 0 Å². The topological polar surface area (TPSA) is 69.5 Å². The van der Waals surface area contributed by atoms with Gasteiger partial charge in [-0.2, -0.15) is 9.61 Å². The fraction of sp³-hybridized carbons (Fsp3) is 0.519. The number of hydrogen-bond donors (Lipinski definition) is 0. The van der Waals surface area contributed by atoms with E-state index in [0.717, 1.165) is 68.4 Å². The Morgan fingerprint density at radius 3 is 2.65 bits per heavy atom. The molecule has 10 heteroatoms. The van der Waals surface area contributed by atoms with E-state index in [0.29, 0.717) is 25.4 Å². The molecule has 1 amide bonds. The number of piperidine rings is 1. The number of hydrogen-bond acceptors (Lipinski definition) is 7. The van der Waals surface area contributed by atoms with Crippen molar-refractivity contribution in [2.45, 2.75) is 31.7 Å². The van der Waals surface area contributed by atoms with Crippen LogP contribution in [0.4, 0.5) is 16.0 Å². The second-order valence-corrected chi connectivity index (χ2v) is 10.4. The molecule has 2 fully saturated rings. The van der Waals surface area contributed by atoms with Crippen molar-refractivity contribution in [3.05, 3.63) is 47.4 Å². The SMILES string of the molecule is CN1CCOc2ccc(F)cc2C(=O)N2CCCC[C@H]2c2cc3nc(N4CCC4)cc(n3n2)N(C)CC1. The fourth-order valence-corrected chi connectivity index (χ4v) is 5.40. The molecule has 1 aromatic carbocycles. The highest BCUT2D eigenvalue weighted by molar-refractivity contribution is 5.97. The summed E-state index contributed by atoms with van der Waals surface area (Å²) < 4.78 is 22.2. The molecule has 0 aliphatic carbocycles. The summed E-state index contributed by atoms with van der Waals surface area (Å²) in [5.41, 5.74) is 1.87. The first kappa shape index (κ1) is 24.0. The van der Waals surface area contributed by atoms with E-state index < -0.39 is 5.82 Å². The van der Waals surface area contributed by atoms with Gasteiger partial charge in [0, 0.05) is 58.4 Å². The average molecular weight is 508 g/mol. The van der Waals surface area contributed by atoms with Crippen molar-refractivity contribution in [2.75, 3.05) is 69.8 Å². The standard InChI is InChI=1S/C27H34FN7O2/c1-31-12-13-32(2)26-18-24(33-9-5-10-33)29-25-17-21(30-35(25)26)22-6-3-4-11-34(22)27(36)20-16-19(28)7-8-23(20)37-15-14-31/h7-8,16-18,22H,3-6,9-15H2,1-2H3/t22-/m0/s1. The minimum absolute atomic E-state index is 0.205. The first-order chi connectivity index (χ1) is 18.0. The lowest BCUT2D eigenvalue weighted by Crippen LogP contribution is -2.39. The van der Waals surface area contributed by atoms with Crippen LogP contribution in [0.15, 0.2) is 30.3 Å². The van der Waals surface area contributed by atoms with Crippen LogP contribution in [0.2, 0.25) is 0 Å². The molecule has 0 N–H and O–H groups in total. The molecule has 5 heterocycles. The van der Waals surface area contributed by atoms with E-state index in [1.165, 1.54) is 18.6 Å². The lowest BCUT2D eigenvalue weighted by atomic mass is 9.98. The van der Waals surface area contributed by atoms with Crippen molar-refractivity contribution in [1.82, 2.24) is 24.4 Å². The largest absolute Gasteiger partial charge is 0.491 e. The van der Waals surface area contributed by atoms with Gasteiger partial charge in [0.05, 0.1) is 17.3 Å². The van der Waals surface area contributed by atoms with Crippen molar-refractivity contribution >= 4 is 23.2 Å². The first-order valence-corrected chi connectivity index (χ1v) is 13.3. The third kappa shape index (κ3) is 4.58. The number of fused-ring (bicyclic) bond motifs is 4. The van der Waals surface area contributed by atoms with Gasteiger partial charge in [-0.15, -0.1) is 0 Å². The summed E-state index contributed by atoms with van der Waals surface area (Å²) in [5.74, 6) is 1.71. The molecule has 0 saturated carbocycles. The Morgan fingerprint density at radius 1 is 0.973 bits per heavy atom. The van der Waals surface area contributed by atoms with Crippen LogP contribution in [0, 0.1) is 5.82 Å². The van der Waals surface area contributed by atoms with Gasteiger partial charge in [0.25, 0.3) is 5.91 Å². The third-order valence-corrected chi connectivity index (χ3v) is 7.81. The van der Waals surface area contributed by atoms with Crippen LogP contribution < -0.4 is 14.5 Å². The summed E-state index contributed by atoms with van der Waals surface area (Å²) in [6.07, 6.45) is 3.88. The zero-order valence-electron chi connectivity index (χ0n) is 21.6. The molecule has 37 heavy (non-hydrogen) atoms. The summed E-state index contributed by atoms with van der Waals surface area (Å²) in [6.45, 7) is 5.34. The molecule has 2 aromatic heterocycles. The number of carbonyl (C=O) groups is 1. The normalized spacial score (nSPS) is 21.5. The van der Waals surface area contributed by atoms with Crippen LogP contribution in [0.5, 0.6) is 5.75 Å². The molecule has 3 aliphatic rings. The summed E-state index contributed by atoms with van der Waals surface area (Å²) >= 11 is 0. The molecule has 3 aliphatic heterocycles. The Labute approximate surface area is 216 Å². The summed E-state index contributed by atoms with van der Waals surface area (Å²) in [5, 5.41) is 5.01. The maximum atomic E-state index is 14.3. The van der Waals surface area contributed by atoms with Crippen LogP contribution >= 0.6 is 0 Å². The molecule has 2 saturated heterocycles. The second kappa shape index (κ2) is 9.81. The first-order valence-electron chi connectivity index (χ1n) is 13.3. The van der Waals surface area contributed by atoms with Gasteiger partial charge in [0.2, 0.25) is 0 Å². The molecule has 9 nitrogen and oxygen atoms in total. The second-order valence-electron chi connectivity index (χ2n) is 10.4. The molecular weight excluding hydrogens is 473 g/mol. The molecule has 0 spiro atoms. The highest BCUT2D eigenvalue weighted by Crippen LogP contribution is 2.35. The van der Waals surface area contributed by atoms with E-state index in [-0.39, 0.29) is 17.5 Å². The summed E-state index contributed by atoms with van der Waals surface area (Å²) in [7, 11) is 4.14. The van der Waals surface area contributed by atoms with Crippen LogP contribution in [0.25, 0.3) is 5.65 Å². The van der Waals surface area contributed by atoms with E-state index in [2.05, 4.69) is 34.9 Å². The number of amides is 1. The maximum absolute atomic E-state index is 14.3. The predicted molar refractivity (Wildman–Crippen MR) is 140 cm³/mol. The third-order valence-electron chi connectivity index (χ3n) is 7.81. The van der Waals surface area contributed by atoms with Crippen LogP contribution in [0.1, 0.15) is 47.8 Å². The van der Waals surface area contributed by atoms with Gasteiger partial charge in [0.15, 0.2) is 5.65 Å². The smallest absolute Gasteiger partial charge is 0.258 e. The monoisotopic (exact) mass is 507 g/mol. The lowest BCUT2D eigenvalue weighted by molar-refractivity contribution is 0.0600. The summed E-state index contributed by atoms with van der Waals surface area (Å²) in [4.78, 5) is 27.3. The Balaban J connectivity index is 1.46. The Morgan fingerprint density at radius 2 is 1.84 bits per heavy atom. The molecule has 196 valence electrons. The van der Waals surface area contributed by atoms with Crippen LogP contribution in [-0.2, 0) is 0 Å². The van der Waals surface area contributed by atoms with Crippen LogP contribution in [0.3, 0.4) is 0 Å². The van der Waals surface area contributed by atoms with E-state index in [9.17, 15) is 9.18 Å². The molecule has 2 bridgehead atoms. The number of nitrogens with zero attached hydrogens (tertiary/aromatic N) is 7.